The van der Waals surface area contributed by atoms with Crippen molar-refractivity contribution in [3.05, 3.63) is 35.9 Å². The fourth-order valence-electron chi connectivity index (χ4n) is 5.61. The number of hydrogen-bond acceptors (Lipinski definition) is 3. The van der Waals surface area contributed by atoms with Crippen molar-refractivity contribution in [2.75, 3.05) is 0 Å². The minimum absolute atomic E-state index is 0.199. The zero-order valence-corrected chi connectivity index (χ0v) is 14.8. The molecule has 2 aliphatic carbocycles. The van der Waals surface area contributed by atoms with Gasteiger partial charge in [-0.05, 0) is 44.6 Å². The molecular formula is C21H31NO2. The van der Waals surface area contributed by atoms with Crippen molar-refractivity contribution in [1.82, 2.24) is 4.90 Å². The van der Waals surface area contributed by atoms with Crippen LogP contribution in [-0.4, -0.2) is 38.4 Å². The van der Waals surface area contributed by atoms with E-state index >= 15 is 0 Å². The molecule has 0 amide bonds. The van der Waals surface area contributed by atoms with Gasteiger partial charge in [0.2, 0.25) is 0 Å². The molecule has 1 aromatic rings. The quantitative estimate of drug-likeness (QED) is 0.883. The number of benzene rings is 1. The second-order valence-electron chi connectivity index (χ2n) is 8.42. The van der Waals surface area contributed by atoms with Gasteiger partial charge in [0, 0.05) is 18.1 Å². The smallest absolute Gasteiger partial charge is 0.0803 e. The maximum Gasteiger partial charge on any atom is 0.0803 e. The fraction of sp³-hybridized carbons (Fsp3) is 0.714. The molecule has 3 heteroatoms. The van der Waals surface area contributed by atoms with Crippen LogP contribution in [0.1, 0.15) is 76.3 Å². The summed E-state index contributed by atoms with van der Waals surface area (Å²) in [5.41, 5.74) is 0.193. The molecule has 1 aliphatic heterocycles. The summed E-state index contributed by atoms with van der Waals surface area (Å²) in [6, 6.07) is 11.2. The molecule has 3 fully saturated rings. The van der Waals surface area contributed by atoms with Gasteiger partial charge in [0.05, 0.1) is 11.2 Å². The third-order valence-electron chi connectivity index (χ3n) is 7.07. The molecule has 1 saturated heterocycles. The Balaban J connectivity index is 1.62. The monoisotopic (exact) mass is 329 g/mol. The zero-order valence-electron chi connectivity index (χ0n) is 14.8. The SMILES string of the molecule is C[C@@H](c1ccccc1)N1[C@H](C2(O)CCCC2)C[C@@H]1C1(O)CCCC1. The topological polar surface area (TPSA) is 43.7 Å². The van der Waals surface area contributed by atoms with Crippen LogP contribution in [0, 0.1) is 0 Å². The van der Waals surface area contributed by atoms with Gasteiger partial charge in [0.15, 0.2) is 0 Å². The Morgan fingerprint density at radius 2 is 1.33 bits per heavy atom. The van der Waals surface area contributed by atoms with Gasteiger partial charge in [-0.3, -0.25) is 4.90 Å². The van der Waals surface area contributed by atoms with Crippen LogP contribution in [0.3, 0.4) is 0 Å². The minimum atomic E-state index is -0.547. The number of rotatable bonds is 4. The highest BCUT2D eigenvalue weighted by atomic mass is 16.3. The fourth-order valence-corrected chi connectivity index (χ4v) is 5.61. The van der Waals surface area contributed by atoms with Crippen molar-refractivity contribution in [1.29, 1.82) is 0 Å². The van der Waals surface area contributed by atoms with E-state index in [0.29, 0.717) is 0 Å². The Hall–Kier alpha value is -0.900. The first-order chi connectivity index (χ1) is 11.5. The Morgan fingerprint density at radius 1 is 0.875 bits per heavy atom. The highest BCUT2D eigenvalue weighted by Gasteiger charge is 2.59. The lowest BCUT2D eigenvalue weighted by molar-refractivity contribution is -0.191. The van der Waals surface area contributed by atoms with E-state index in [1.54, 1.807) is 0 Å². The van der Waals surface area contributed by atoms with Crippen LogP contribution in [0.25, 0.3) is 0 Å². The molecule has 1 heterocycles. The van der Waals surface area contributed by atoms with Crippen LogP contribution in [-0.2, 0) is 0 Å². The summed E-state index contributed by atoms with van der Waals surface area (Å²) in [6.07, 6.45) is 9.16. The second kappa shape index (κ2) is 6.12. The molecule has 0 spiro atoms. The number of nitrogens with zero attached hydrogens (tertiary/aromatic N) is 1. The molecule has 132 valence electrons. The first-order valence-corrected chi connectivity index (χ1v) is 9.81. The molecule has 4 rings (SSSR count). The molecule has 0 radical (unpaired) electrons. The van der Waals surface area contributed by atoms with Gasteiger partial charge in [-0.15, -0.1) is 0 Å². The average Bonchev–Trinajstić information content (AvgIpc) is 3.17. The van der Waals surface area contributed by atoms with E-state index in [0.717, 1.165) is 57.8 Å². The van der Waals surface area contributed by atoms with E-state index in [1.807, 2.05) is 0 Å². The molecule has 0 bridgehead atoms. The standard InChI is InChI=1S/C21H31NO2/c1-16(17-9-3-2-4-10-17)22-18(20(23)11-5-6-12-20)15-19(22)21(24)13-7-8-14-21/h2-4,9-10,16,18-19,23-24H,5-8,11-15H2,1H3/t16-,18-,19+/m0/s1. The maximum atomic E-state index is 11.2. The van der Waals surface area contributed by atoms with Crippen molar-refractivity contribution >= 4 is 0 Å². The van der Waals surface area contributed by atoms with E-state index < -0.39 is 11.2 Å². The van der Waals surface area contributed by atoms with Gasteiger partial charge in [0.25, 0.3) is 0 Å². The van der Waals surface area contributed by atoms with Crippen molar-refractivity contribution in [3.8, 4) is 0 Å². The lowest BCUT2D eigenvalue weighted by Gasteiger charge is -2.60. The van der Waals surface area contributed by atoms with Crippen molar-refractivity contribution in [3.63, 3.8) is 0 Å². The Bertz CT molecular complexity index is 532. The van der Waals surface area contributed by atoms with E-state index in [9.17, 15) is 10.2 Å². The normalized spacial score (nSPS) is 33.3. The zero-order chi connectivity index (χ0) is 16.8. The van der Waals surface area contributed by atoms with Gasteiger partial charge < -0.3 is 10.2 Å². The first kappa shape index (κ1) is 16.6. The highest BCUT2D eigenvalue weighted by molar-refractivity contribution is 5.23. The van der Waals surface area contributed by atoms with Crippen LogP contribution < -0.4 is 0 Å². The van der Waals surface area contributed by atoms with Gasteiger partial charge >= 0.3 is 0 Å². The van der Waals surface area contributed by atoms with Crippen molar-refractivity contribution in [2.45, 2.75) is 94.0 Å². The van der Waals surface area contributed by atoms with Crippen LogP contribution in [0.2, 0.25) is 0 Å². The van der Waals surface area contributed by atoms with Crippen LogP contribution in [0.15, 0.2) is 30.3 Å². The van der Waals surface area contributed by atoms with Crippen molar-refractivity contribution < 1.29 is 10.2 Å². The molecule has 3 aliphatic rings. The van der Waals surface area contributed by atoms with Gasteiger partial charge in [-0.2, -0.15) is 0 Å². The molecule has 0 unspecified atom stereocenters. The average molecular weight is 329 g/mol. The van der Waals surface area contributed by atoms with E-state index in [4.69, 9.17) is 0 Å². The largest absolute Gasteiger partial charge is 0.388 e. The van der Waals surface area contributed by atoms with Crippen LogP contribution >= 0.6 is 0 Å². The maximum absolute atomic E-state index is 11.2. The Morgan fingerprint density at radius 3 is 1.79 bits per heavy atom. The summed E-state index contributed by atoms with van der Waals surface area (Å²) < 4.78 is 0. The predicted octanol–water partition coefficient (Wildman–Crippen LogP) is 3.80. The summed E-state index contributed by atoms with van der Waals surface area (Å²) in [6.45, 7) is 2.24. The predicted molar refractivity (Wildman–Crippen MR) is 95.7 cm³/mol. The van der Waals surface area contributed by atoms with Gasteiger partial charge in [-0.1, -0.05) is 56.0 Å². The summed E-state index contributed by atoms with van der Waals surface area (Å²) in [7, 11) is 0. The first-order valence-electron chi connectivity index (χ1n) is 9.81. The highest BCUT2D eigenvalue weighted by Crippen LogP contribution is 2.52. The van der Waals surface area contributed by atoms with Crippen LogP contribution in [0.5, 0.6) is 0 Å². The molecule has 3 nitrogen and oxygen atoms in total. The Kier molecular flexibility index (Phi) is 4.22. The number of aliphatic hydroxyl groups is 2. The van der Waals surface area contributed by atoms with Gasteiger partial charge in [0.1, 0.15) is 0 Å². The second-order valence-corrected chi connectivity index (χ2v) is 8.42. The van der Waals surface area contributed by atoms with E-state index in [1.165, 1.54) is 5.56 Å². The summed E-state index contributed by atoms with van der Waals surface area (Å²) in [4.78, 5) is 2.46. The molecule has 2 saturated carbocycles. The summed E-state index contributed by atoms with van der Waals surface area (Å²) in [5.74, 6) is 0. The van der Waals surface area contributed by atoms with Crippen molar-refractivity contribution in [2.24, 2.45) is 0 Å². The summed E-state index contributed by atoms with van der Waals surface area (Å²) >= 11 is 0. The molecule has 2 N–H and O–H groups in total. The minimum Gasteiger partial charge on any atom is -0.388 e. The lowest BCUT2D eigenvalue weighted by Crippen LogP contribution is -2.71. The van der Waals surface area contributed by atoms with Gasteiger partial charge in [-0.25, -0.2) is 0 Å². The molecule has 3 atom stereocenters. The third-order valence-corrected chi connectivity index (χ3v) is 7.07. The number of likely N-dealkylation sites (tertiary alicyclic amines) is 1. The van der Waals surface area contributed by atoms with E-state index in [-0.39, 0.29) is 18.1 Å². The third kappa shape index (κ3) is 2.61. The number of hydrogen-bond donors (Lipinski definition) is 2. The van der Waals surface area contributed by atoms with E-state index in [2.05, 4.69) is 42.2 Å². The molecular weight excluding hydrogens is 298 g/mol. The lowest BCUT2D eigenvalue weighted by atomic mass is 9.71. The van der Waals surface area contributed by atoms with Crippen LogP contribution in [0.4, 0.5) is 0 Å². The molecule has 24 heavy (non-hydrogen) atoms. The molecule has 0 aromatic heterocycles. The molecule has 1 aromatic carbocycles. The Labute approximate surface area is 145 Å². The summed E-state index contributed by atoms with van der Waals surface area (Å²) in [5, 5.41) is 22.4.